The Bertz CT molecular complexity index is 174. The standard InChI is InChI=1S/C7H11F2NO2/c8-7(9)1-3-10(4-2-7)5-6(11)12/h1-5H2,(H,11,12). The van der Waals surface area contributed by atoms with Crippen LogP contribution in [0.15, 0.2) is 0 Å². The van der Waals surface area contributed by atoms with Gasteiger partial charge < -0.3 is 5.11 Å². The fraction of sp³-hybridized carbons (Fsp3) is 0.857. The van der Waals surface area contributed by atoms with Gasteiger partial charge in [-0.05, 0) is 0 Å². The molecule has 0 radical (unpaired) electrons. The Hall–Kier alpha value is -0.710. The summed E-state index contributed by atoms with van der Waals surface area (Å²) in [5, 5.41) is 8.37. The summed E-state index contributed by atoms with van der Waals surface area (Å²) >= 11 is 0. The van der Waals surface area contributed by atoms with E-state index >= 15 is 0 Å². The molecular formula is C7H11F2NO2. The molecule has 12 heavy (non-hydrogen) atoms. The molecule has 0 unspecified atom stereocenters. The summed E-state index contributed by atoms with van der Waals surface area (Å²) in [7, 11) is 0. The van der Waals surface area contributed by atoms with E-state index in [2.05, 4.69) is 0 Å². The maximum Gasteiger partial charge on any atom is 0.317 e. The highest BCUT2D eigenvalue weighted by Crippen LogP contribution is 2.27. The van der Waals surface area contributed by atoms with Gasteiger partial charge in [-0.1, -0.05) is 0 Å². The Labute approximate surface area is 69.0 Å². The zero-order valence-corrected chi connectivity index (χ0v) is 6.59. The van der Waals surface area contributed by atoms with Crippen molar-refractivity contribution in [2.75, 3.05) is 19.6 Å². The number of alkyl halides is 2. The highest BCUT2D eigenvalue weighted by Gasteiger charge is 2.34. The number of likely N-dealkylation sites (tertiary alicyclic amines) is 1. The van der Waals surface area contributed by atoms with E-state index in [1.165, 1.54) is 4.90 Å². The Kier molecular flexibility index (Phi) is 2.62. The topological polar surface area (TPSA) is 40.5 Å². The predicted octanol–water partition coefficient (Wildman–Crippen LogP) is 0.802. The zero-order chi connectivity index (χ0) is 9.19. The Morgan fingerprint density at radius 1 is 1.42 bits per heavy atom. The van der Waals surface area contributed by atoms with Crippen LogP contribution in [0.1, 0.15) is 12.8 Å². The maximum absolute atomic E-state index is 12.5. The van der Waals surface area contributed by atoms with Crippen LogP contribution >= 0.6 is 0 Å². The molecule has 5 heteroatoms. The molecule has 0 bridgehead atoms. The molecule has 1 rings (SSSR count). The molecule has 1 aliphatic rings. The van der Waals surface area contributed by atoms with Crippen molar-refractivity contribution in [2.24, 2.45) is 0 Å². The fourth-order valence-electron chi connectivity index (χ4n) is 1.23. The molecule has 1 aliphatic heterocycles. The van der Waals surface area contributed by atoms with Gasteiger partial charge in [0.05, 0.1) is 6.54 Å². The SMILES string of the molecule is O=C(O)CN1CCC(F)(F)CC1. The lowest BCUT2D eigenvalue weighted by Gasteiger charge is -2.30. The Balaban J connectivity index is 2.31. The van der Waals surface area contributed by atoms with Crippen molar-refractivity contribution >= 4 is 5.97 Å². The largest absolute Gasteiger partial charge is 0.480 e. The van der Waals surface area contributed by atoms with E-state index < -0.39 is 11.9 Å². The van der Waals surface area contributed by atoms with E-state index in [1.807, 2.05) is 0 Å². The molecule has 0 aromatic rings. The predicted molar refractivity (Wildman–Crippen MR) is 38.3 cm³/mol. The van der Waals surface area contributed by atoms with E-state index in [9.17, 15) is 13.6 Å². The number of halogens is 2. The molecule has 0 amide bonds. The zero-order valence-electron chi connectivity index (χ0n) is 6.59. The second-order valence-corrected chi connectivity index (χ2v) is 3.03. The monoisotopic (exact) mass is 179 g/mol. The van der Waals surface area contributed by atoms with Crippen LogP contribution < -0.4 is 0 Å². The molecule has 0 atom stereocenters. The molecule has 0 aromatic carbocycles. The number of piperidine rings is 1. The van der Waals surface area contributed by atoms with Gasteiger partial charge in [0.1, 0.15) is 0 Å². The molecule has 0 aliphatic carbocycles. The summed E-state index contributed by atoms with van der Waals surface area (Å²) in [5.74, 6) is -3.55. The molecule has 70 valence electrons. The minimum absolute atomic E-state index is 0.129. The summed E-state index contributed by atoms with van der Waals surface area (Å²) in [6, 6.07) is 0. The first-order valence-electron chi connectivity index (χ1n) is 3.82. The Morgan fingerprint density at radius 3 is 2.33 bits per heavy atom. The average Bonchev–Trinajstić information content (AvgIpc) is 1.93. The smallest absolute Gasteiger partial charge is 0.317 e. The minimum Gasteiger partial charge on any atom is -0.480 e. The van der Waals surface area contributed by atoms with E-state index in [0.717, 1.165) is 0 Å². The fourth-order valence-corrected chi connectivity index (χ4v) is 1.23. The van der Waals surface area contributed by atoms with Gasteiger partial charge in [-0.3, -0.25) is 9.69 Å². The molecule has 1 N–H and O–H groups in total. The van der Waals surface area contributed by atoms with Gasteiger partial charge in [-0.15, -0.1) is 0 Å². The van der Waals surface area contributed by atoms with Gasteiger partial charge >= 0.3 is 5.97 Å². The van der Waals surface area contributed by atoms with Crippen LogP contribution in [-0.4, -0.2) is 41.5 Å². The lowest BCUT2D eigenvalue weighted by atomic mass is 10.1. The number of aliphatic carboxylic acids is 1. The first kappa shape index (κ1) is 9.38. The van der Waals surface area contributed by atoms with Crippen molar-refractivity contribution in [1.29, 1.82) is 0 Å². The van der Waals surface area contributed by atoms with Crippen LogP contribution in [0.2, 0.25) is 0 Å². The van der Waals surface area contributed by atoms with Crippen molar-refractivity contribution in [1.82, 2.24) is 4.90 Å². The molecular weight excluding hydrogens is 168 g/mol. The van der Waals surface area contributed by atoms with Crippen molar-refractivity contribution in [3.63, 3.8) is 0 Å². The van der Waals surface area contributed by atoms with Crippen molar-refractivity contribution < 1.29 is 18.7 Å². The summed E-state index contributed by atoms with van der Waals surface area (Å²) in [6.45, 7) is 0.231. The maximum atomic E-state index is 12.5. The van der Waals surface area contributed by atoms with E-state index in [-0.39, 0.29) is 32.5 Å². The third-order valence-electron chi connectivity index (χ3n) is 1.95. The van der Waals surface area contributed by atoms with Gasteiger partial charge in [0.15, 0.2) is 0 Å². The summed E-state index contributed by atoms with van der Waals surface area (Å²) in [4.78, 5) is 11.7. The van der Waals surface area contributed by atoms with Gasteiger partial charge in [0.25, 0.3) is 5.92 Å². The van der Waals surface area contributed by atoms with Crippen LogP contribution in [0.3, 0.4) is 0 Å². The third-order valence-corrected chi connectivity index (χ3v) is 1.95. The van der Waals surface area contributed by atoms with E-state index in [4.69, 9.17) is 5.11 Å². The molecule has 0 aromatic heterocycles. The normalized spacial score (nSPS) is 23.8. The van der Waals surface area contributed by atoms with Crippen molar-refractivity contribution in [2.45, 2.75) is 18.8 Å². The summed E-state index contributed by atoms with van der Waals surface area (Å²) < 4.78 is 25.1. The quantitative estimate of drug-likeness (QED) is 0.681. The number of carbonyl (C=O) groups is 1. The van der Waals surface area contributed by atoms with Gasteiger partial charge in [0.2, 0.25) is 0 Å². The molecule has 1 saturated heterocycles. The number of rotatable bonds is 2. The van der Waals surface area contributed by atoms with Crippen LogP contribution in [0.4, 0.5) is 8.78 Å². The van der Waals surface area contributed by atoms with Crippen LogP contribution in [0.25, 0.3) is 0 Å². The van der Waals surface area contributed by atoms with E-state index in [0.29, 0.717) is 0 Å². The third kappa shape index (κ3) is 2.73. The Morgan fingerprint density at radius 2 is 1.92 bits per heavy atom. The number of carboxylic acids is 1. The van der Waals surface area contributed by atoms with E-state index in [1.54, 1.807) is 0 Å². The van der Waals surface area contributed by atoms with Crippen LogP contribution in [0, 0.1) is 0 Å². The lowest BCUT2D eigenvalue weighted by Crippen LogP contribution is -2.41. The molecule has 1 fully saturated rings. The highest BCUT2D eigenvalue weighted by atomic mass is 19.3. The number of hydrogen-bond donors (Lipinski definition) is 1. The van der Waals surface area contributed by atoms with Crippen LogP contribution in [0.5, 0.6) is 0 Å². The van der Waals surface area contributed by atoms with Crippen molar-refractivity contribution in [3.05, 3.63) is 0 Å². The summed E-state index contributed by atoms with van der Waals surface area (Å²) in [5.41, 5.74) is 0. The van der Waals surface area contributed by atoms with Gasteiger partial charge in [0, 0.05) is 25.9 Å². The first-order chi connectivity index (χ1) is 5.49. The average molecular weight is 179 g/mol. The van der Waals surface area contributed by atoms with Gasteiger partial charge in [-0.2, -0.15) is 0 Å². The molecule has 1 heterocycles. The second-order valence-electron chi connectivity index (χ2n) is 3.03. The first-order valence-corrected chi connectivity index (χ1v) is 3.82. The molecule has 3 nitrogen and oxygen atoms in total. The molecule has 0 spiro atoms. The number of carboxylic acid groups (broad SMARTS) is 1. The highest BCUT2D eigenvalue weighted by molar-refractivity contribution is 5.69. The second kappa shape index (κ2) is 3.35. The van der Waals surface area contributed by atoms with Crippen LogP contribution in [-0.2, 0) is 4.79 Å². The lowest BCUT2D eigenvalue weighted by molar-refractivity contribution is -0.140. The molecule has 0 saturated carbocycles. The number of nitrogens with zero attached hydrogens (tertiary/aromatic N) is 1. The summed E-state index contributed by atoms with van der Waals surface area (Å²) in [6.07, 6.45) is -0.444. The van der Waals surface area contributed by atoms with Gasteiger partial charge in [-0.25, -0.2) is 8.78 Å². The number of hydrogen-bond acceptors (Lipinski definition) is 2. The van der Waals surface area contributed by atoms with Crippen molar-refractivity contribution in [3.8, 4) is 0 Å². The minimum atomic E-state index is -2.59.